The fraction of sp³-hybridized carbons (Fsp3) is 0.500. The lowest BCUT2D eigenvalue weighted by Crippen LogP contribution is -2.05. The minimum atomic E-state index is -2.36. The molecule has 2 rings (SSSR count). The highest BCUT2D eigenvalue weighted by Crippen LogP contribution is 2.27. The molecule has 1 saturated carbocycles. The molecule has 1 aromatic rings. The third-order valence-electron chi connectivity index (χ3n) is 3.83. The molecule has 0 spiro atoms. The number of hydrogen-bond donors (Lipinski definition) is 0. The molecule has 19 heavy (non-hydrogen) atoms. The Morgan fingerprint density at radius 1 is 1.21 bits per heavy atom. The molecule has 0 aromatic heterocycles. The van der Waals surface area contributed by atoms with Crippen molar-refractivity contribution in [1.82, 2.24) is 0 Å². The van der Waals surface area contributed by atoms with E-state index in [1.165, 1.54) is 32.1 Å². The Kier molecular flexibility index (Phi) is 5.20. The molecule has 1 aliphatic carbocycles. The average Bonchev–Trinajstić information content (AvgIpc) is 2.49. The van der Waals surface area contributed by atoms with Gasteiger partial charge < -0.3 is 0 Å². The summed E-state index contributed by atoms with van der Waals surface area (Å²) in [5.41, 5.74) is 0. The van der Waals surface area contributed by atoms with E-state index >= 15 is 0 Å². The maximum absolute atomic E-state index is 12.7. The quantitative estimate of drug-likeness (QED) is 0.789. The van der Waals surface area contributed by atoms with Crippen molar-refractivity contribution >= 4 is 9.73 Å². The summed E-state index contributed by atoms with van der Waals surface area (Å²) in [6.07, 6.45) is 9.85. The summed E-state index contributed by atoms with van der Waals surface area (Å²) in [4.78, 5) is 0.803. The molecule has 1 aliphatic rings. The van der Waals surface area contributed by atoms with Gasteiger partial charge in [-0.25, -0.2) is 8.57 Å². The normalized spacial score (nSPS) is 20.3. The molecular formula is C16H23NOS. The van der Waals surface area contributed by atoms with Crippen LogP contribution in [0.25, 0.3) is 0 Å². The minimum Gasteiger partial charge on any atom is -0.240 e. The Morgan fingerprint density at radius 3 is 2.53 bits per heavy atom. The van der Waals surface area contributed by atoms with E-state index in [2.05, 4.69) is 10.4 Å². The average molecular weight is 277 g/mol. The van der Waals surface area contributed by atoms with Crippen molar-refractivity contribution in [1.29, 1.82) is 0 Å². The van der Waals surface area contributed by atoms with Gasteiger partial charge >= 0.3 is 0 Å². The van der Waals surface area contributed by atoms with Crippen LogP contribution in [0.15, 0.2) is 51.1 Å². The highest BCUT2D eigenvalue weighted by atomic mass is 32.2. The van der Waals surface area contributed by atoms with Gasteiger partial charge in [0, 0.05) is 12.5 Å². The fourth-order valence-corrected chi connectivity index (χ4v) is 4.07. The second-order valence-electron chi connectivity index (χ2n) is 5.18. The monoisotopic (exact) mass is 277 g/mol. The van der Waals surface area contributed by atoms with E-state index in [0.29, 0.717) is 0 Å². The van der Waals surface area contributed by atoms with Crippen LogP contribution in [0.2, 0.25) is 0 Å². The van der Waals surface area contributed by atoms with E-state index in [1.807, 2.05) is 35.7 Å². The molecule has 3 heteroatoms. The van der Waals surface area contributed by atoms with E-state index in [1.54, 1.807) is 7.05 Å². The molecule has 0 saturated heterocycles. The van der Waals surface area contributed by atoms with Crippen LogP contribution in [0.4, 0.5) is 0 Å². The van der Waals surface area contributed by atoms with Gasteiger partial charge in [0.25, 0.3) is 0 Å². The van der Waals surface area contributed by atoms with Gasteiger partial charge in [0.2, 0.25) is 0 Å². The molecular weight excluding hydrogens is 254 g/mol. The molecule has 0 heterocycles. The maximum Gasteiger partial charge on any atom is 0.0963 e. The molecule has 1 aromatic carbocycles. The van der Waals surface area contributed by atoms with Gasteiger partial charge in [0.15, 0.2) is 0 Å². The smallest absolute Gasteiger partial charge is 0.0963 e. The van der Waals surface area contributed by atoms with Crippen molar-refractivity contribution in [2.24, 2.45) is 10.3 Å². The molecule has 1 fully saturated rings. The Bertz CT molecular complexity index is 521. The minimum absolute atomic E-state index is 0.779. The van der Waals surface area contributed by atoms with Crippen LogP contribution in [0.3, 0.4) is 0 Å². The van der Waals surface area contributed by atoms with E-state index in [-0.39, 0.29) is 0 Å². The Morgan fingerprint density at radius 2 is 1.89 bits per heavy atom. The number of rotatable bonds is 4. The Balaban J connectivity index is 2.05. The van der Waals surface area contributed by atoms with Crippen LogP contribution in [-0.2, 0) is 9.73 Å². The van der Waals surface area contributed by atoms with Crippen LogP contribution in [0, 0.1) is 5.92 Å². The SMILES string of the molecule is CN=[S@@](=O)(/C=C/CC1CCCCC1)c1ccccc1. The summed E-state index contributed by atoms with van der Waals surface area (Å²) in [5, 5.41) is 1.82. The predicted octanol–water partition coefficient (Wildman–Crippen LogP) is 4.63. The van der Waals surface area contributed by atoms with Crippen molar-refractivity contribution in [2.75, 3.05) is 7.05 Å². The van der Waals surface area contributed by atoms with Gasteiger partial charge in [-0.1, -0.05) is 56.4 Å². The molecule has 0 radical (unpaired) electrons. The van der Waals surface area contributed by atoms with Gasteiger partial charge in [-0.05, 0) is 24.5 Å². The van der Waals surface area contributed by atoms with Crippen molar-refractivity contribution < 1.29 is 4.21 Å². The van der Waals surface area contributed by atoms with Gasteiger partial charge in [-0.3, -0.25) is 0 Å². The zero-order valence-electron chi connectivity index (χ0n) is 11.6. The summed E-state index contributed by atoms with van der Waals surface area (Å²) in [5.74, 6) is 0.779. The maximum atomic E-state index is 12.7. The summed E-state index contributed by atoms with van der Waals surface area (Å²) < 4.78 is 16.9. The van der Waals surface area contributed by atoms with Crippen LogP contribution in [-0.4, -0.2) is 11.3 Å². The lowest BCUT2D eigenvalue weighted by Gasteiger charge is -2.19. The van der Waals surface area contributed by atoms with Crippen LogP contribution in [0.1, 0.15) is 38.5 Å². The Hall–Kier alpha value is -1.09. The summed E-state index contributed by atoms with van der Waals surface area (Å²) in [7, 11) is -0.723. The first-order chi connectivity index (χ1) is 9.24. The van der Waals surface area contributed by atoms with Crippen LogP contribution >= 0.6 is 0 Å². The summed E-state index contributed by atoms with van der Waals surface area (Å²) in [6, 6.07) is 9.54. The molecule has 0 N–H and O–H groups in total. The lowest BCUT2D eigenvalue weighted by molar-refractivity contribution is 0.361. The molecule has 0 bridgehead atoms. The number of hydrogen-bond acceptors (Lipinski definition) is 2. The number of nitrogens with zero attached hydrogens (tertiary/aromatic N) is 1. The highest BCUT2D eigenvalue weighted by molar-refractivity contribution is 7.96. The standard InChI is InChI=1S/C16H23NOS/c1-17-19(18,16-12-6-3-7-13-16)14-8-11-15-9-4-2-5-10-15/h3,6-8,12-15H,2,4-5,9-11H2,1H3/b14-8+/t19-/m1/s1. The van der Waals surface area contributed by atoms with E-state index in [9.17, 15) is 4.21 Å². The molecule has 0 unspecified atom stereocenters. The Labute approximate surface area is 117 Å². The topological polar surface area (TPSA) is 29.4 Å². The third-order valence-corrected chi connectivity index (χ3v) is 5.88. The highest BCUT2D eigenvalue weighted by Gasteiger charge is 2.12. The lowest BCUT2D eigenvalue weighted by atomic mass is 9.87. The van der Waals surface area contributed by atoms with Gasteiger partial charge in [-0.2, -0.15) is 0 Å². The van der Waals surface area contributed by atoms with Crippen molar-refractivity contribution in [2.45, 2.75) is 43.4 Å². The first-order valence-corrected chi connectivity index (χ1v) is 8.69. The largest absolute Gasteiger partial charge is 0.240 e. The summed E-state index contributed by atoms with van der Waals surface area (Å²) in [6.45, 7) is 0. The fourth-order valence-electron chi connectivity index (χ4n) is 2.66. The molecule has 0 amide bonds. The zero-order chi connectivity index (χ0) is 13.6. The van der Waals surface area contributed by atoms with Crippen molar-refractivity contribution in [3.63, 3.8) is 0 Å². The van der Waals surface area contributed by atoms with Gasteiger partial charge in [0.1, 0.15) is 0 Å². The van der Waals surface area contributed by atoms with Crippen molar-refractivity contribution in [3.05, 3.63) is 41.8 Å². The van der Waals surface area contributed by atoms with E-state index < -0.39 is 9.73 Å². The summed E-state index contributed by atoms with van der Waals surface area (Å²) >= 11 is 0. The molecule has 1 atom stereocenters. The number of allylic oxidation sites excluding steroid dienone is 1. The first kappa shape index (κ1) is 14.3. The third kappa shape index (κ3) is 3.93. The van der Waals surface area contributed by atoms with Gasteiger partial charge in [0.05, 0.1) is 14.6 Å². The van der Waals surface area contributed by atoms with Gasteiger partial charge in [-0.15, -0.1) is 0 Å². The van der Waals surface area contributed by atoms with Crippen LogP contribution < -0.4 is 0 Å². The molecule has 0 aliphatic heterocycles. The molecule has 2 nitrogen and oxygen atoms in total. The zero-order valence-corrected chi connectivity index (χ0v) is 12.4. The van der Waals surface area contributed by atoms with E-state index in [4.69, 9.17) is 0 Å². The second-order valence-corrected chi connectivity index (χ2v) is 7.42. The van der Waals surface area contributed by atoms with E-state index in [0.717, 1.165) is 17.2 Å². The predicted molar refractivity (Wildman–Crippen MR) is 81.5 cm³/mol. The van der Waals surface area contributed by atoms with Crippen molar-refractivity contribution in [3.8, 4) is 0 Å². The number of benzene rings is 1. The van der Waals surface area contributed by atoms with Crippen LogP contribution in [0.5, 0.6) is 0 Å². The first-order valence-electron chi connectivity index (χ1n) is 7.11. The second kappa shape index (κ2) is 6.90. The molecule has 104 valence electrons.